The van der Waals surface area contributed by atoms with Crippen LogP contribution in [0.15, 0.2) is 87.5 Å². The van der Waals surface area contributed by atoms with E-state index < -0.39 is 26.7 Å². The maximum atomic E-state index is 14.2. The Kier molecular flexibility index (Phi) is 6.01. The summed E-state index contributed by atoms with van der Waals surface area (Å²) >= 11 is 1.37. The van der Waals surface area contributed by atoms with Crippen molar-refractivity contribution in [3.05, 3.63) is 84.2 Å². The Morgan fingerprint density at radius 1 is 1.00 bits per heavy atom. The molecule has 0 heterocycles. The van der Waals surface area contributed by atoms with Crippen molar-refractivity contribution in [3.63, 3.8) is 0 Å². The molecule has 0 atom stereocenters. The molecule has 0 aromatic heterocycles. The van der Waals surface area contributed by atoms with Crippen molar-refractivity contribution in [2.45, 2.75) is 14.7 Å². The second-order valence-electron chi connectivity index (χ2n) is 5.65. The van der Waals surface area contributed by atoms with Crippen molar-refractivity contribution in [1.82, 2.24) is 0 Å². The van der Waals surface area contributed by atoms with Crippen LogP contribution < -0.4 is 4.72 Å². The summed E-state index contributed by atoms with van der Waals surface area (Å²) in [6.07, 6.45) is 0. The summed E-state index contributed by atoms with van der Waals surface area (Å²) in [6.45, 7) is 0. The highest BCUT2D eigenvalue weighted by atomic mass is 32.2. The summed E-state index contributed by atoms with van der Waals surface area (Å²) in [5, 5.41) is 0. The van der Waals surface area contributed by atoms with Gasteiger partial charge in [-0.1, -0.05) is 42.1 Å². The van der Waals surface area contributed by atoms with Crippen molar-refractivity contribution in [2.75, 3.05) is 11.8 Å². The summed E-state index contributed by atoms with van der Waals surface area (Å²) < 4.78 is 46.7. The van der Waals surface area contributed by atoms with E-state index >= 15 is 0 Å². The van der Waals surface area contributed by atoms with E-state index in [0.29, 0.717) is 10.6 Å². The van der Waals surface area contributed by atoms with Gasteiger partial charge in [-0.3, -0.25) is 4.72 Å². The minimum Gasteiger partial charge on any atom is -0.465 e. The number of sulfonamides is 1. The predicted molar refractivity (Wildman–Crippen MR) is 106 cm³/mol. The molecule has 0 bridgehead atoms. The maximum Gasteiger partial charge on any atom is 0.337 e. The number of para-hydroxylation sites is 1. The highest BCUT2D eigenvalue weighted by Crippen LogP contribution is 2.34. The van der Waals surface area contributed by atoms with Gasteiger partial charge in [-0.05, 0) is 42.5 Å². The van der Waals surface area contributed by atoms with E-state index in [4.69, 9.17) is 0 Å². The number of carbonyl (C=O) groups is 1. The summed E-state index contributed by atoms with van der Waals surface area (Å²) in [4.78, 5) is 12.6. The van der Waals surface area contributed by atoms with E-state index in [-0.39, 0.29) is 5.56 Å². The Labute approximate surface area is 166 Å². The maximum absolute atomic E-state index is 14.2. The van der Waals surface area contributed by atoms with Crippen molar-refractivity contribution >= 4 is 33.4 Å². The third-order valence-corrected chi connectivity index (χ3v) is 6.21. The van der Waals surface area contributed by atoms with Crippen molar-refractivity contribution in [3.8, 4) is 0 Å². The lowest BCUT2D eigenvalue weighted by Gasteiger charge is -2.13. The van der Waals surface area contributed by atoms with Crippen LogP contribution in [0.4, 0.5) is 10.1 Å². The fourth-order valence-corrected chi connectivity index (χ4v) is 4.58. The number of hydrogen-bond donors (Lipinski definition) is 1. The van der Waals surface area contributed by atoms with Crippen LogP contribution in [0.25, 0.3) is 0 Å². The van der Waals surface area contributed by atoms with Crippen LogP contribution in [0, 0.1) is 5.82 Å². The van der Waals surface area contributed by atoms with Crippen LogP contribution in [-0.2, 0) is 14.8 Å². The molecule has 0 amide bonds. The molecule has 0 aliphatic rings. The Bertz CT molecular complexity index is 1100. The lowest BCUT2D eigenvalue weighted by molar-refractivity contribution is 0.0600. The van der Waals surface area contributed by atoms with Crippen LogP contribution in [0.2, 0.25) is 0 Å². The Morgan fingerprint density at radius 2 is 1.68 bits per heavy atom. The second kappa shape index (κ2) is 8.45. The monoisotopic (exact) mass is 417 g/mol. The molecule has 28 heavy (non-hydrogen) atoms. The highest BCUT2D eigenvalue weighted by molar-refractivity contribution is 7.99. The van der Waals surface area contributed by atoms with Gasteiger partial charge in [0.25, 0.3) is 10.0 Å². The molecule has 0 aliphatic heterocycles. The fraction of sp³-hybridized carbons (Fsp3) is 0.0500. The van der Waals surface area contributed by atoms with E-state index in [0.717, 1.165) is 24.1 Å². The van der Waals surface area contributed by atoms with Crippen LogP contribution >= 0.6 is 11.8 Å². The predicted octanol–water partition coefficient (Wildman–Crippen LogP) is 4.56. The zero-order valence-corrected chi connectivity index (χ0v) is 16.4. The van der Waals surface area contributed by atoms with Crippen molar-refractivity contribution in [2.24, 2.45) is 0 Å². The van der Waals surface area contributed by atoms with Crippen LogP contribution in [0.1, 0.15) is 10.4 Å². The molecule has 3 aromatic rings. The Hall–Kier alpha value is -2.84. The minimum atomic E-state index is -4.27. The number of nitrogens with one attached hydrogen (secondary N) is 1. The molecule has 0 saturated heterocycles. The quantitative estimate of drug-likeness (QED) is 0.595. The molecule has 0 fully saturated rings. The third kappa shape index (κ3) is 4.52. The van der Waals surface area contributed by atoms with E-state index in [1.54, 1.807) is 24.3 Å². The lowest BCUT2D eigenvalue weighted by Crippen LogP contribution is -2.16. The second-order valence-corrected chi connectivity index (χ2v) is 8.42. The number of hydrogen-bond acceptors (Lipinski definition) is 5. The van der Waals surface area contributed by atoms with E-state index in [9.17, 15) is 17.6 Å². The van der Waals surface area contributed by atoms with Gasteiger partial charge in [-0.25, -0.2) is 17.6 Å². The first-order chi connectivity index (χ1) is 13.4. The molecule has 0 aliphatic carbocycles. The summed E-state index contributed by atoms with van der Waals surface area (Å²) in [6, 6.07) is 19.3. The van der Waals surface area contributed by atoms with Gasteiger partial charge in [0, 0.05) is 9.79 Å². The number of benzene rings is 3. The molecule has 0 unspecified atom stereocenters. The Morgan fingerprint density at radius 3 is 2.39 bits per heavy atom. The van der Waals surface area contributed by atoms with Crippen molar-refractivity contribution in [1.29, 1.82) is 0 Å². The topological polar surface area (TPSA) is 72.5 Å². The van der Waals surface area contributed by atoms with Crippen LogP contribution in [-0.4, -0.2) is 21.5 Å². The first kappa shape index (κ1) is 19.9. The Balaban J connectivity index is 1.95. The first-order valence-electron chi connectivity index (χ1n) is 8.13. The number of methoxy groups -OCH3 is 1. The SMILES string of the molecule is COC(=O)c1ccc(F)c(S(=O)(=O)Nc2ccccc2Sc2ccccc2)c1. The molecule has 0 saturated carbocycles. The molecule has 0 spiro atoms. The molecular formula is C20H16FNO4S2. The number of esters is 1. The molecule has 144 valence electrons. The number of ether oxygens (including phenoxy) is 1. The number of rotatable bonds is 6. The average Bonchev–Trinajstić information content (AvgIpc) is 2.69. The van der Waals surface area contributed by atoms with Crippen LogP contribution in [0.3, 0.4) is 0 Å². The van der Waals surface area contributed by atoms with Gasteiger partial charge in [0.2, 0.25) is 0 Å². The lowest BCUT2D eigenvalue weighted by atomic mass is 10.2. The van der Waals surface area contributed by atoms with Crippen LogP contribution in [0.5, 0.6) is 0 Å². The molecule has 3 rings (SSSR count). The summed E-state index contributed by atoms with van der Waals surface area (Å²) in [7, 11) is -3.11. The minimum absolute atomic E-state index is 0.0591. The zero-order chi connectivity index (χ0) is 20.1. The van der Waals surface area contributed by atoms with Gasteiger partial charge in [-0.2, -0.15) is 0 Å². The molecule has 1 N–H and O–H groups in total. The summed E-state index contributed by atoms with van der Waals surface area (Å²) in [5.74, 6) is -1.72. The number of halogens is 1. The zero-order valence-electron chi connectivity index (χ0n) is 14.8. The van der Waals surface area contributed by atoms with Gasteiger partial charge >= 0.3 is 5.97 Å². The average molecular weight is 417 g/mol. The van der Waals surface area contributed by atoms with E-state index in [2.05, 4.69) is 9.46 Å². The van der Waals surface area contributed by atoms with Gasteiger partial charge in [0.05, 0.1) is 18.4 Å². The molecule has 5 nitrogen and oxygen atoms in total. The fourth-order valence-electron chi connectivity index (χ4n) is 2.41. The van der Waals surface area contributed by atoms with E-state index in [1.165, 1.54) is 17.8 Å². The number of anilines is 1. The normalized spacial score (nSPS) is 11.1. The van der Waals surface area contributed by atoms with Crippen molar-refractivity contribution < 1.29 is 22.3 Å². The van der Waals surface area contributed by atoms with Gasteiger partial charge in [0.15, 0.2) is 0 Å². The van der Waals surface area contributed by atoms with Gasteiger partial charge in [0.1, 0.15) is 10.7 Å². The first-order valence-corrected chi connectivity index (χ1v) is 10.4. The molecule has 0 radical (unpaired) electrons. The number of carbonyl (C=O) groups excluding carboxylic acids is 1. The smallest absolute Gasteiger partial charge is 0.337 e. The van der Waals surface area contributed by atoms with Gasteiger partial charge < -0.3 is 4.74 Å². The highest BCUT2D eigenvalue weighted by Gasteiger charge is 2.22. The van der Waals surface area contributed by atoms with E-state index in [1.807, 2.05) is 30.3 Å². The molecule has 3 aromatic carbocycles. The largest absolute Gasteiger partial charge is 0.465 e. The summed E-state index contributed by atoms with van der Waals surface area (Å²) in [5.41, 5.74) is 0.246. The standard InChI is InChI=1S/C20H16FNO4S2/c1-26-20(23)14-11-12-16(21)19(13-14)28(24,25)22-17-9-5-6-10-18(17)27-15-7-3-2-4-8-15/h2-13,22H,1H3. The van der Waals surface area contributed by atoms with Gasteiger partial charge in [-0.15, -0.1) is 0 Å². The molecule has 8 heteroatoms. The molecular weight excluding hydrogens is 401 g/mol. The third-order valence-electron chi connectivity index (χ3n) is 3.74.